The first-order valence-electron chi connectivity index (χ1n) is 13.1. The Morgan fingerprint density at radius 3 is 2.74 bits per heavy atom. The zero-order valence-electron chi connectivity index (χ0n) is 20.4. The lowest BCUT2D eigenvalue weighted by Crippen LogP contribution is -2.44. The minimum absolute atomic E-state index is 0.00859. The van der Waals surface area contributed by atoms with Crippen LogP contribution in [0.4, 0.5) is 5.95 Å². The van der Waals surface area contributed by atoms with Crippen molar-refractivity contribution in [3.05, 3.63) is 59.1 Å². The maximum absolute atomic E-state index is 12.9. The highest BCUT2D eigenvalue weighted by Gasteiger charge is 2.27. The molecule has 5 rings (SSSR count). The topological polar surface area (TPSA) is 64.3 Å². The summed E-state index contributed by atoms with van der Waals surface area (Å²) in [5, 5.41) is 3.89. The van der Waals surface area contributed by atoms with Crippen LogP contribution in [0.15, 0.2) is 48.5 Å². The van der Waals surface area contributed by atoms with Crippen LogP contribution in [-0.2, 0) is 11.2 Å². The van der Waals surface area contributed by atoms with Gasteiger partial charge in [0.05, 0.1) is 17.0 Å². The lowest BCUT2D eigenvalue weighted by atomic mass is 9.90. The van der Waals surface area contributed by atoms with Crippen LogP contribution in [-0.4, -0.2) is 60.0 Å². The van der Waals surface area contributed by atoms with Crippen molar-refractivity contribution in [1.82, 2.24) is 20.2 Å². The molecule has 2 N–H and O–H groups in total. The third-order valence-electron chi connectivity index (χ3n) is 7.55. The van der Waals surface area contributed by atoms with Crippen LogP contribution in [0, 0.1) is 11.8 Å². The summed E-state index contributed by atoms with van der Waals surface area (Å²) >= 11 is 6.11. The number of hydrogen-bond acceptors (Lipinski definition) is 4. The average Bonchev–Trinajstić information content (AvgIpc) is 3.31. The molecule has 1 unspecified atom stereocenters. The molecule has 1 amide bonds. The second-order valence-electron chi connectivity index (χ2n) is 10.1. The Labute approximate surface area is 213 Å². The van der Waals surface area contributed by atoms with Gasteiger partial charge in [-0.25, -0.2) is 4.98 Å². The number of carbonyl (C=O) groups excluding carboxylic acids is 1. The molecule has 6 nitrogen and oxygen atoms in total. The summed E-state index contributed by atoms with van der Waals surface area (Å²) in [5.74, 6) is 1.81. The molecule has 3 aromatic rings. The summed E-state index contributed by atoms with van der Waals surface area (Å²) in [6.45, 7) is 5.78. The summed E-state index contributed by atoms with van der Waals surface area (Å²) in [7, 11) is 0. The molecule has 2 fully saturated rings. The Morgan fingerprint density at radius 1 is 1.09 bits per heavy atom. The maximum atomic E-state index is 12.9. The molecule has 186 valence electrons. The van der Waals surface area contributed by atoms with Crippen molar-refractivity contribution in [3.8, 4) is 0 Å². The molecule has 0 bridgehead atoms. The van der Waals surface area contributed by atoms with Crippen molar-refractivity contribution in [2.45, 2.75) is 38.5 Å². The molecule has 7 heteroatoms. The van der Waals surface area contributed by atoms with E-state index in [2.05, 4.69) is 50.4 Å². The van der Waals surface area contributed by atoms with E-state index < -0.39 is 0 Å². The van der Waals surface area contributed by atoms with E-state index in [-0.39, 0.29) is 11.8 Å². The number of H-pyrrole nitrogens is 1. The third-order valence-corrected chi connectivity index (χ3v) is 7.78. The standard InChI is InChI=1S/C28H36ClN5O/c29-24-9-10-25-26(19-24)32-28(31-25)34-15-4-8-23(20-34)27(35)30-13-5-14-33-16-11-22(12-17-33)18-21-6-2-1-3-7-21/h1-3,6-7,9-10,19,22-23H,4-5,8,11-18,20H2,(H,30,35)(H,31,32). The fourth-order valence-electron chi connectivity index (χ4n) is 5.52. The molecule has 2 aliphatic heterocycles. The molecule has 0 aliphatic carbocycles. The van der Waals surface area contributed by atoms with E-state index in [9.17, 15) is 4.79 Å². The number of benzene rings is 2. The number of piperidine rings is 2. The van der Waals surface area contributed by atoms with Gasteiger partial charge in [0.1, 0.15) is 0 Å². The fourth-order valence-corrected chi connectivity index (χ4v) is 5.69. The van der Waals surface area contributed by atoms with Gasteiger partial charge in [0.25, 0.3) is 0 Å². The summed E-state index contributed by atoms with van der Waals surface area (Å²) < 4.78 is 0. The molecular weight excluding hydrogens is 458 g/mol. The Bertz CT molecular complexity index is 1110. The molecule has 0 saturated carbocycles. The predicted molar refractivity (Wildman–Crippen MR) is 143 cm³/mol. The Morgan fingerprint density at radius 2 is 1.91 bits per heavy atom. The van der Waals surface area contributed by atoms with Gasteiger partial charge in [-0.3, -0.25) is 4.79 Å². The highest BCUT2D eigenvalue weighted by molar-refractivity contribution is 6.31. The second-order valence-corrected chi connectivity index (χ2v) is 10.6. The fraction of sp³-hybridized carbons (Fsp3) is 0.500. The minimum atomic E-state index is 0.00859. The number of rotatable bonds is 8. The lowest BCUT2D eigenvalue weighted by molar-refractivity contribution is -0.125. The number of nitrogens with zero attached hydrogens (tertiary/aromatic N) is 3. The molecule has 0 radical (unpaired) electrons. The summed E-state index contributed by atoms with van der Waals surface area (Å²) in [5.41, 5.74) is 3.29. The number of likely N-dealkylation sites (tertiary alicyclic amines) is 1. The first kappa shape index (κ1) is 24.1. The first-order chi connectivity index (χ1) is 17.1. The van der Waals surface area contributed by atoms with E-state index >= 15 is 0 Å². The van der Waals surface area contributed by atoms with Crippen molar-refractivity contribution in [3.63, 3.8) is 0 Å². The molecular formula is C28H36ClN5O. The summed E-state index contributed by atoms with van der Waals surface area (Å²) in [6.07, 6.45) is 6.68. The van der Waals surface area contributed by atoms with Crippen LogP contribution >= 0.6 is 11.6 Å². The lowest BCUT2D eigenvalue weighted by Gasteiger charge is -2.32. The van der Waals surface area contributed by atoms with Crippen LogP contribution in [0.25, 0.3) is 11.0 Å². The van der Waals surface area contributed by atoms with Crippen molar-refractivity contribution in [2.75, 3.05) is 44.2 Å². The average molecular weight is 494 g/mol. The zero-order chi connectivity index (χ0) is 24.0. The number of anilines is 1. The smallest absolute Gasteiger partial charge is 0.224 e. The summed E-state index contributed by atoms with van der Waals surface area (Å²) in [6, 6.07) is 16.5. The summed E-state index contributed by atoms with van der Waals surface area (Å²) in [4.78, 5) is 25.7. The molecule has 3 heterocycles. The van der Waals surface area contributed by atoms with Crippen LogP contribution in [0.5, 0.6) is 0 Å². The van der Waals surface area contributed by atoms with Crippen LogP contribution < -0.4 is 10.2 Å². The molecule has 2 aliphatic rings. The number of hydrogen-bond donors (Lipinski definition) is 2. The largest absolute Gasteiger partial charge is 0.356 e. The SMILES string of the molecule is O=C(NCCCN1CCC(Cc2ccccc2)CC1)C1CCCN(c2nc3ccc(Cl)cc3[nH]2)C1. The van der Waals surface area contributed by atoms with Gasteiger partial charge in [0, 0.05) is 24.7 Å². The van der Waals surface area contributed by atoms with Gasteiger partial charge in [0.15, 0.2) is 0 Å². The molecule has 0 spiro atoms. The number of fused-ring (bicyclic) bond motifs is 1. The third kappa shape index (κ3) is 6.36. The van der Waals surface area contributed by atoms with Gasteiger partial charge in [-0.1, -0.05) is 41.9 Å². The van der Waals surface area contributed by atoms with E-state index in [0.29, 0.717) is 11.6 Å². The highest BCUT2D eigenvalue weighted by Crippen LogP contribution is 2.25. The molecule has 2 saturated heterocycles. The predicted octanol–water partition coefficient (Wildman–Crippen LogP) is 4.89. The number of halogens is 1. The normalized spacial score (nSPS) is 19.8. The number of aromatic amines is 1. The Balaban J connectivity index is 1.02. The van der Waals surface area contributed by atoms with E-state index in [1.54, 1.807) is 0 Å². The number of imidazole rings is 1. The van der Waals surface area contributed by atoms with Crippen molar-refractivity contribution in [1.29, 1.82) is 0 Å². The van der Waals surface area contributed by atoms with Crippen LogP contribution in [0.1, 0.15) is 37.7 Å². The maximum Gasteiger partial charge on any atom is 0.224 e. The zero-order valence-corrected chi connectivity index (χ0v) is 21.1. The van der Waals surface area contributed by atoms with Gasteiger partial charge in [-0.05, 0) is 87.8 Å². The second kappa shape index (κ2) is 11.4. The minimum Gasteiger partial charge on any atom is -0.356 e. The van der Waals surface area contributed by atoms with E-state index in [0.717, 1.165) is 61.8 Å². The van der Waals surface area contributed by atoms with Gasteiger partial charge >= 0.3 is 0 Å². The number of carbonyl (C=O) groups is 1. The van der Waals surface area contributed by atoms with Crippen LogP contribution in [0.2, 0.25) is 5.02 Å². The van der Waals surface area contributed by atoms with E-state index in [4.69, 9.17) is 16.6 Å². The molecule has 1 aromatic heterocycles. The van der Waals surface area contributed by atoms with Crippen molar-refractivity contribution >= 4 is 34.5 Å². The number of amides is 1. The number of aromatic nitrogens is 2. The number of nitrogens with one attached hydrogen (secondary N) is 2. The van der Waals surface area contributed by atoms with E-state index in [1.165, 1.54) is 37.9 Å². The molecule has 1 atom stereocenters. The monoisotopic (exact) mass is 493 g/mol. The highest BCUT2D eigenvalue weighted by atomic mass is 35.5. The van der Waals surface area contributed by atoms with Gasteiger partial charge in [0.2, 0.25) is 11.9 Å². The molecule has 2 aromatic carbocycles. The van der Waals surface area contributed by atoms with Gasteiger partial charge in [-0.15, -0.1) is 0 Å². The van der Waals surface area contributed by atoms with Gasteiger partial charge in [-0.2, -0.15) is 0 Å². The van der Waals surface area contributed by atoms with Gasteiger partial charge < -0.3 is 20.1 Å². The quantitative estimate of drug-likeness (QED) is 0.438. The van der Waals surface area contributed by atoms with Crippen LogP contribution in [0.3, 0.4) is 0 Å². The van der Waals surface area contributed by atoms with Crippen molar-refractivity contribution in [2.24, 2.45) is 11.8 Å². The first-order valence-corrected chi connectivity index (χ1v) is 13.5. The Hall–Kier alpha value is -2.57. The van der Waals surface area contributed by atoms with Crippen molar-refractivity contribution < 1.29 is 4.79 Å². The molecule has 35 heavy (non-hydrogen) atoms. The Kier molecular flexibility index (Phi) is 7.89. The van der Waals surface area contributed by atoms with E-state index in [1.807, 2.05) is 18.2 Å².